The minimum absolute atomic E-state index is 0.174. The molecule has 0 bridgehead atoms. The van der Waals surface area contributed by atoms with Gasteiger partial charge in [-0.25, -0.2) is 4.79 Å². The van der Waals surface area contributed by atoms with Crippen LogP contribution in [0.25, 0.3) is 0 Å². The molecule has 2 aromatic carbocycles. The lowest BCUT2D eigenvalue weighted by Gasteiger charge is -2.10. The van der Waals surface area contributed by atoms with E-state index in [4.69, 9.17) is 15.2 Å². The maximum absolute atomic E-state index is 11.9. The molecule has 0 aromatic heterocycles. The third kappa shape index (κ3) is 4.47. The summed E-state index contributed by atoms with van der Waals surface area (Å²) in [5, 5.41) is 13.6. The van der Waals surface area contributed by atoms with Crippen molar-refractivity contribution in [3.63, 3.8) is 0 Å². The molecule has 0 atom stereocenters. The fourth-order valence-corrected chi connectivity index (χ4v) is 2.27. The fourth-order valence-electron chi connectivity index (χ4n) is 2.27. The average molecular weight is 359 g/mol. The number of amides is 2. The molecular weight excluding hydrogens is 342 g/mol. The Hall–Kier alpha value is -3.62. The summed E-state index contributed by atoms with van der Waals surface area (Å²) in [5.74, 6) is -0.187. The predicted molar refractivity (Wildman–Crippen MR) is 93.2 cm³/mol. The highest BCUT2D eigenvalue weighted by Crippen LogP contribution is 2.28. The van der Waals surface area contributed by atoms with Crippen molar-refractivity contribution in [3.05, 3.63) is 63.2 Å². The van der Waals surface area contributed by atoms with Crippen LogP contribution in [0.3, 0.4) is 0 Å². The van der Waals surface area contributed by atoms with Crippen molar-refractivity contribution in [2.75, 3.05) is 12.4 Å². The minimum atomic E-state index is -0.833. The second-order valence-electron chi connectivity index (χ2n) is 5.35. The second-order valence-corrected chi connectivity index (χ2v) is 5.35. The van der Waals surface area contributed by atoms with E-state index in [0.29, 0.717) is 17.0 Å². The zero-order valence-electron chi connectivity index (χ0n) is 14.1. The molecule has 0 heterocycles. The van der Waals surface area contributed by atoms with E-state index in [9.17, 15) is 19.7 Å². The molecular formula is C17H17N3O6. The molecule has 0 saturated heterocycles. The smallest absolute Gasteiger partial charge is 0.411 e. The number of nitrogens with one attached hydrogen (secondary N) is 1. The number of nitro groups is 1. The first kappa shape index (κ1) is 18.7. The Labute approximate surface area is 148 Å². The Morgan fingerprint density at radius 1 is 1.27 bits per heavy atom. The van der Waals surface area contributed by atoms with Crippen molar-refractivity contribution < 1.29 is 24.0 Å². The van der Waals surface area contributed by atoms with E-state index < -0.39 is 16.9 Å². The van der Waals surface area contributed by atoms with Crippen LogP contribution in [-0.4, -0.2) is 24.0 Å². The number of rotatable bonds is 6. The van der Waals surface area contributed by atoms with Gasteiger partial charge in [-0.1, -0.05) is 6.07 Å². The van der Waals surface area contributed by atoms with E-state index in [1.165, 1.54) is 31.4 Å². The number of hydrogen-bond acceptors (Lipinski definition) is 6. The number of carbonyl (C=O) groups excluding carboxylic acids is 2. The largest absolute Gasteiger partial charge is 0.496 e. The molecule has 0 saturated carbocycles. The zero-order valence-corrected chi connectivity index (χ0v) is 14.1. The Bertz CT molecular complexity index is 866. The number of nitrogens with zero attached hydrogens (tertiary/aromatic N) is 1. The molecule has 0 aliphatic rings. The summed E-state index contributed by atoms with van der Waals surface area (Å²) >= 11 is 0. The van der Waals surface area contributed by atoms with Crippen LogP contribution in [0.4, 0.5) is 16.2 Å². The molecule has 2 amide bonds. The number of carbonyl (C=O) groups is 2. The third-order valence-corrected chi connectivity index (χ3v) is 3.55. The predicted octanol–water partition coefficient (Wildman–Crippen LogP) is 2.76. The summed E-state index contributed by atoms with van der Waals surface area (Å²) in [6.07, 6.45) is -0.833. The van der Waals surface area contributed by atoms with Gasteiger partial charge in [0.25, 0.3) is 5.69 Å². The van der Waals surface area contributed by atoms with Crippen LogP contribution in [0.1, 0.15) is 21.5 Å². The maximum atomic E-state index is 11.9. The Morgan fingerprint density at radius 3 is 2.62 bits per heavy atom. The number of anilines is 1. The van der Waals surface area contributed by atoms with Gasteiger partial charge < -0.3 is 15.2 Å². The lowest BCUT2D eigenvalue weighted by molar-refractivity contribution is -0.385. The van der Waals surface area contributed by atoms with Crippen LogP contribution in [0, 0.1) is 17.0 Å². The van der Waals surface area contributed by atoms with Crippen molar-refractivity contribution in [1.29, 1.82) is 0 Å². The molecule has 2 rings (SSSR count). The van der Waals surface area contributed by atoms with Gasteiger partial charge in [0, 0.05) is 17.3 Å². The van der Waals surface area contributed by atoms with Crippen molar-refractivity contribution >= 4 is 23.4 Å². The molecule has 0 radical (unpaired) electrons. The van der Waals surface area contributed by atoms with Crippen LogP contribution in [0.2, 0.25) is 0 Å². The van der Waals surface area contributed by atoms with E-state index in [1.54, 1.807) is 19.1 Å². The summed E-state index contributed by atoms with van der Waals surface area (Å²) in [7, 11) is 1.44. The van der Waals surface area contributed by atoms with Gasteiger partial charge in [0.05, 0.1) is 17.6 Å². The normalized spacial score (nSPS) is 10.1. The number of primary amides is 1. The van der Waals surface area contributed by atoms with Gasteiger partial charge in [0.2, 0.25) is 5.91 Å². The number of ether oxygens (including phenoxy) is 2. The van der Waals surface area contributed by atoms with E-state index in [1.807, 2.05) is 0 Å². The topological polar surface area (TPSA) is 134 Å². The summed E-state index contributed by atoms with van der Waals surface area (Å²) in [6, 6.07) is 8.79. The Balaban J connectivity index is 2.10. The first-order valence-corrected chi connectivity index (χ1v) is 7.47. The van der Waals surface area contributed by atoms with Crippen molar-refractivity contribution in [3.8, 4) is 5.75 Å². The number of nitro benzene ring substituents is 1. The lowest BCUT2D eigenvalue weighted by Crippen LogP contribution is -2.15. The number of benzene rings is 2. The molecule has 0 unspecified atom stereocenters. The standard InChI is InChI=1S/C17H17N3O6/c1-10-6-14(20(23)24)12(8-15(10)25-2)9-26-17(22)19-13-5-3-4-11(7-13)16(18)21/h3-8H,9H2,1-2H3,(H2,18,21)(H,19,22). The Kier molecular flexibility index (Phi) is 5.74. The van der Waals surface area contributed by atoms with Crippen LogP contribution < -0.4 is 15.8 Å². The number of methoxy groups -OCH3 is 1. The second kappa shape index (κ2) is 7.97. The quantitative estimate of drug-likeness (QED) is 0.601. The van der Waals surface area contributed by atoms with Crippen LogP contribution in [0.5, 0.6) is 5.75 Å². The average Bonchev–Trinajstić information content (AvgIpc) is 2.60. The van der Waals surface area contributed by atoms with Gasteiger partial charge in [-0.3, -0.25) is 20.2 Å². The van der Waals surface area contributed by atoms with Crippen LogP contribution in [-0.2, 0) is 11.3 Å². The molecule has 136 valence electrons. The van der Waals surface area contributed by atoms with Gasteiger partial charge in [-0.2, -0.15) is 0 Å². The van der Waals surface area contributed by atoms with E-state index in [0.717, 1.165) is 0 Å². The number of aryl methyl sites for hydroxylation is 1. The monoisotopic (exact) mass is 359 g/mol. The molecule has 0 aliphatic carbocycles. The van der Waals surface area contributed by atoms with Gasteiger partial charge in [-0.05, 0) is 36.8 Å². The van der Waals surface area contributed by atoms with Crippen LogP contribution in [0.15, 0.2) is 36.4 Å². The summed E-state index contributed by atoms with van der Waals surface area (Å²) in [5.41, 5.74) is 6.32. The van der Waals surface area contributed by atoms with Crippen LogP contribution >= 0.6 is 0 Å². The Morgan fingerprint density at radius 2 is 2.00 bits per heavy atom. The first-order valence-electron chi connectivity index (χ1n) is 7.47. The SMILES string of the molecule is COc1cc(COC(=O)Nc2cccc(C(N)=O)c2)c([N+](=O)[O-])cc1C. The van der Waals surface area contributed by atoms with Gasteiger partial charge >= 0.3 is 6.09 Å². The summed E-state index contributed by atoms with van der Waals surface area (Å²) < 4.78 is 10.2. The molecule has 3 N–H and O–H groups in total. The van der Waals surface area contributed by atoms with Crippen molar-refractivity contribution in [1.82, 2.24) is 0 Å². The molecule has 0 aliphatic heterocycles. The van der Waals surface area contributed by atoms with Crippen molar-refractivity contribution in [2.24, 2.45) is 5.73 Å². The highest BCUT2D eigenvalue weighted by Gasteiger charge is 2.18. The maximum Gasteiger partial charge on any atom is 0.411 e. The molecule has 9 heteroatoms. The highest BCUT2D eigenvalue weighted by molar-refractivity contribution is 5.95. The fraction of sp³-hybridized carbons (Fsp3) is 0.176. The van der Waals surface area contributed by atoms with Gasteiger partial charge in [0.15, 0.2) is 0 Å². The molecule has 0 spiro atoms. The number of nitrogens with two attached hydrogens (primary N) is 1. The number of hydrogen-bond donors (Lipinski definition) is 2. The van der Waals surface area contributed by atoms with E-state index in [2.05, 4.69) is 5.32 Å². The van der Waals surface area contributed by atoms with E-state index in [-0.39, 0.29) is 23.4 Å². The van der Waals surface area contributed by atoms with Gasteiger partial charge in [-0.15, -0.1) is 0 Å². The molecule has 9 nitrogen and oxygen atoms in total. The third-order valence-electron chi connectivity index (χ3n) is 3.55. The van der Waals surface area contributed by atoms with E-state index >= 15 is 0 Å². The molecule has 2 aromatic rings. The first-order chi connectivity index (χ1) is 12.3. The van der Waals surface area contributed by atoms with Gasteiger partial charge in [0.1, 0.15) is 12.4 Å². The van der Waals surface area contributed by atoms with Crippen molar-refractivity contribution in [2.45, 2.75) is 13.5 Å². The lowest BCUT2D eigenvalue weighted by atomic mass is 10.1. The minimum Gasteiger partial charge on any atom is -0.496 e. The highest BCUT2D eigenvalue weighted by atomic mass is 16.6. The summed E-state index contributed by atoms with van der Waals surface area (Å²) in [6.45, 7) is 1.35. The molecule has 26 heavy (non-hydrogen) atoms. The molecule has 0 fully saturated rings. The zero-order chi connectivity index (χ0) is 19.3. The summed E-state index contributed by atoms with van der Waals surface area (Å²) in [4.78, 5) is 33.7.